The molecule has 0 bridgehead atoms. The molecule has 1 fully saturated rings. The van der Waals surface area contributed by atoms with Crippen molar-refractivity contribution < 1.29 is 14.3 Å². The number of carbonyl (C=O) groups is 2. The van der Waals surface area contributed by atoms with Crippen LogP contribution < -0.4 is 15.6 Å². The van der Waals surface area contributed by atoms with E-state index in [2.05, 4.69) is 10.4 Å². The molecule has 8 nitrogen and oxygen atoms in total. The highest BCUT2D eigenvalue weighted by Gasteiger charge is 2.26. The second-order valence-corrected chi connectivity index (χ2v) is 7.94. The number of para-hydroxylation sites is 1. The predicted molar refractivity (Wildman–Crippen MR) is 121 cm³/mol. The molecule has 0 radical (unpaired) electrons. The lowest BCUT2D eigenvalue weighted by Crippen LogP contribution is -2.47. The van der Waals surface area contributed by atoms with E-state index in [9.17, 15) is 14.4 Å². The number of hydrogen-bond acceptors (Lipinski definition) is 5. The number of aromatic nitrogens is 2. The van der Waals surface area contributed by atoms with Gasteiger partial charge in [-0.05, 0) is 25.0 Å². The Bertz CT molecular complexity index is 1210. The number of carbonyl (C=O) groups excluding carboxylic acids is 2. The number of hydrogen-bond donors (Lipinski definition) is 1. The van der Waals surface area contributed by atoms with Crippen molar-refractivity contribution in [1.82, 2.24) is 20.0 Å². The SMILES string of the molecule is COc1ccccc1CC(=O)N1CCC(NC(=O)c2nn(C)c(=O)c3ccccc23)CC1. The number of fused-ring (bicyclic) bond motifs is 1. The van der Waals surface area contributed by atoms with Gasteiger partial charge >= 0.3 is 0 Å². The molecule has 8 heteroatoms. The summed E-state index contributed by atoms with van der Waals surface area (Å²) >= 11 is 0. The number of aryl methyl sites for hydroxylation is 1. The number of ether oxygens (including phenoxy) is 1. The van der Waals surface area contributed by atoms with Gasteiger partial charge in [0.05, 0.1) is 18.9 Å². The van der Waals surface area contributed by atoms with Crippen molar-refractivity contribution in [2.45, 2.75) is 25.3 Å². The average molecular weight is 434 g/mol. The second kappa shape index (κ2) is 9.21. The molecule has 2 amide bonds. The molecule has 1 N–H and O–H groups in total. The highest BCUT2D eigenvalue weighted by atomic mass is 16.5. The van der Waals surface area contributed by atoms with Crippen LogP contribution in [0.25, 0.3) is 10.8 Å². The molecule has 0 aliphatic carbocycles. The van der Waals surface area contributed by atoms with Crippen LogP contribution in [0.5, 0.6) is 5.75 Å². The van der Waals surface area contributed by atoms with E-state index < -0.39 is 0 Å². The molecule has 1 aliphatic rings. The first-order valence-electron chi connectivity index (χ1n) is 10.6. The van der Waals surface area contributed by atoms with Crippen molar-refractivity contribution in [2.75, 3.05) is 20.2 Å². The summed E-state index contributed by atoms with van der Waals surface area (Å²) in [4.78, 5) is 39.8. The van der Waals surface area contributed by atoms with Gasteiger partial charge in [-0.3, -0.25) is 14.4 Å². The fourth-order valence-electron chi connectivity index (χ4n) is 4.12. The van der Waals surface area contributed by atoms with Crippen molar-refractivity contribution in [2.24, 2.45) is 7.05 Å². The maximum absolute atomic E-state index is 12.9. The van der Waals surface area contributed by atoms with Crippen LogP contribution in [-0.2, 0) is 18.3 Å². The van der Waals surface area contributed by atoms with Gasteiger partial charge in [0.1, 0.15) is 5.75 Å². The van der Waals surface area contributed by atoms with Crippen LogP contribution in [0, 0.1) is 0 Å². The lowest BCUT2D eigenvalue weighted by atomic mass is 10.0. The Labute approximate surface area is 185 Å². The van der Waals surface area contributed by atoms with Crippen LogP contribution in [0.1, 0.15) is 28.9 Å². The van der Waals surface area contributed by atoms with Crippen molar-refractivity contribution in [1.29, 1.82) is 0 Å². The summed E-state index contributed by atoms with van der Waals surface area (Å²) in [7, 11) is 3.14. The third-order valence-corrected chi connectivity index (χ3v) is 5.89. The molecule has 32 heavy (non-hydrogen) atoms. The molecule has 2 aromatic carbocycles. The van der Waals surface area contributed by atoms with Crippen LogP contribution in [-0.4, -0.2) is 52.7 Å². The smallest absolute Gasteiger partial charge is 0.274 e. The molecule has 0 atom stereocenters. The minimum absolute atomic E-state index is 0.0463. The first-order valence-corrected chi connectivity index (χ1v) is 10.6. The minimum Gasteiger partial charge on any atom is -0.496 e. The van der Waals surface area contributed by atoms with Gasteiger partial charge in [-0.15, -0.1) is 0 Å². The van der Waals surface area contributed by atoms with Crippen LogP contribution in [0.4, 0.5) is 0 Å². The molecule has 4 rings (SSSR count). The summed E-state index contributed by atoms with van der Waals surface area (Å²) in [5.41, 5.74) is 0.861. The molecule has 1 saturated heterocycles. The highest BCUT2D eigenvalue weighted by molar-refractivity contribution is 6.04. The Hall–Kier alpha value is -3.68. The van der Waals surface area contributed by atoms with Gasteiger partial charge in [-0.1, -0.05) is 36.4 Å². The fraction of sp³-hybridized carbons (Fsp3) is 0.333. The normalized spacial score (nSPS) is 14.4. The monoisotopic (exact) mass is 434 g/mol. The van der Waals surface area contributed by atoms with Gasteiger partial charge in [-0.25, -0.2) is 4.68 Å². The molecule has 0 saturated carbocycles. The van der Waals surface area contributed by atoms with Gasteiger partial charge < -0.3 is 15.0 Å². The van der Waals surface area contributed by atoms with Crippen molar-refractivity contribution in [3.05, 3.63) is 70.1 Å². The highest BCUT2D eigenvalue weighted by Crippen LogP contribution is 2.20. The van der Waals surface area contributed by atoms with Gasteiger partial charge in [0, 0.05) is 37.1 Å². The molecule has 0 spiro atoms. The van der Waals surface area contributed by atoms with E-state index in [0.717, 1.165) is 5.56 Å². The van der Waals surface area contributed by atoms with E-state index in [1.807, 2.05) is 29.2 Å². The zero-order valence-electron chi connectivity index (χ0n) is 18.2. The second-order valence-electron chi connectivity index (χ2n) is 7.94. The number of nitrogens with zero attached hydrogens (tertiary/aromatic N) is 3. The van der Waals surface area contributed by atoms with E-state index in [1.54, 1.807) is 31.4 Å². The zero-order valence-corrected chi connectivity index (χ0v) is 18.2. The topological polar surface area (TPSA) is 93.5 Å². The first-order chi connectivity index (χ1) is 15.5. The molecule has 2 heterocycles. The number of rotatable bonds is 5. The predicted octanol–water partition coefficient (Wildman–Crippen LogP) is 1.91. The summed E-state index contributed by atoms with van der Waals surface area (Å²) in [6.07, 6.45) is 1.61. The number of amides is 2. The van der Waals surface area contributed by atoms with Crippen molar-refractivity contribution >= 4 is 22.6 Å². The number of likely N-dealkylation sites (tertiary alicyclic amines) is 1. The third-order valence-electron chi connectivity index (χ3n) is 5.89. The maximum Gasteiger partial charge on any atom is 0.274 e. The van der Waals surface area contributed by atoms with E-state index in [4.69, 9.17) is 4.74 Å². The van der Waals surface area contributed by atoms with E-state index in [0.29, 0.717) is 42.5 Å². The van der Waals surface area contributed by atoms with E-state index >= 15 is 0 Å². The molecular formula is C24H26N4O4. The van der Waals surface area contributed by atoms with Gasteiger partial charge in [-0.2, -0.15) is 5.10 Å². The summed E-state index contributed by atoms with van der Waals surface area (Å²) in [5.74, 6) is 0.445. The molecule has 0 unspecified atom stereocenters. The lowest BCUT2D eigenvalue weighted by molar-refractivity contribution is -0.131. The summed E-state index contributed by atoms with van der Waals surface area (Å²) < 4.78 is 6.53. The molecule has 1 aromatic heterocycles. The average Bonchev–Trinajstić information content (AvgIpc) is 2.82. The Morgan fingerprint density at radius 2 is 1.72 bits per heavy atom. The molecule has 3 aromatic rings. The number of methoxy groups -OCH3 is 1. The largest absolute Gasteiger partial charge is 0.496 e. The van der Waals surface area contributed by atoms with Crippen LogP contribution >= 0.6 is 0 Å². The van der Waals surface area contributed by atoms with Crippen molar-refractivity contribution in [3.63, 3.8) is 0 Å². The van der Waals surface area contributed by atoms with Gasteiger partial charge in [0.15, 0.2) is 5.69 Å². The summed E-state index contributed by atoms with van der Waals surface area (Å²) in [6, 6.07) is 14.4. The number of piperidine rings is 1. The minimum atomic E-state index is -0.310. The van der Waals surface area contributed by atoms with Gasteiger partial charge in [0.2, 0.25) is 5.91 Å². The zero-order chi connectivity index (χ0) is 22.7. The van der Waals surface area contributed by atoms with Crippen LogP contribution in [0.2, 0.25) is 0 Å². The lowest BCUT2D eigenvalue weighted by Gasteiger charge is -2.32. The summed E-state index contributed by atoms with van der Waals surface area (Å²) in [5, 5.41) is 8.22. The first kappa shape index (κ1) is 21.5. The quantitative estimate of drug-likeness (QED) is 0.662. The fourth-order valence-corrected chi connectivity index (χ4v) is 4.12. The Balaban J connectivity index is 1.39. The van der Waals surface area contributed by atoms with E-state index in [-0.39, 0.29) is 35.5 Å². The maximum atomic E-state index is 12.9. The Kier molecular flexibility index (Phi) is 6.20. The standard InChI is InChI=1S/C24H26N4O4/c1-27-24(31)19-9-5-4-8-18(19)22(26-27)23(30)25-17-11-13-28(14-12-17)21(29)15-16-7-3-6-10-20(16)32-2/h3-10,17H,11-15H2,1-2H3,(H,25,30). The Morgan fingerprint density at radius 1 is 1.06 bits per heavy atom. The van der Waals surface area contributed by atoms with Gasteiger partial charge in [0.25, 0.3) is 11.5 Å². The van der Waals surface area contributed by atoms with E-state index in [1.165, 1.54) is 11.7 Å². The van der Waals surface area contributed by atoms with Crippen molar-refractivity contribution in [3.8, 4) is 5.75 Å². The van der Waals surface area contributed by atoms with Crippen LogP contribution in [0.15, 0.2) is 53.3 Å². The molecular weight excluding hydrogens is 408 g/mol. The summed E-state index contributed by atoms with van der Waals surface area (Å²) in [6.45, 7) is 1.14. The third kappa shape index (κ3) is 4.34. The number of benzene rings is 2. The molecule has 1 aliphatic heterocycles. The molecule has 166 valence electrons. The van der Waals surface area contributed by atoms with Crippen LogP contribution in [0.3, 0.4) is 0 Å². The number of nitrogens with one attached hydrogen (secondary N) is 1. The Morgan fingerprint density at radius 3 is 2.44 bits per heavy atom.